The number of carbonyl (C=O) groups is 1. The van der Waals surface area contributed by atoms with E-state index in [0.29, 0.717) is 12.8 Å². The Morgan fingerprint density at radius 3 is 2.93 bits per heavy atom. The minimum Gasteiger partial charge on any atom is -0.325 e. The normalized spacial score (nSPS) is 18.9. The summed E-state index contributed by atoms with van der Waals surface area (Å²) in [6, 6.07) is 0. The molecule has 14 heavy (non-hydrogen) atoms. The second kappa shape index (κ2) is 3.79. The van der Waals surface area contributed by atoms with Crippen LogP contribution in [0.15, 0.2) is 11.7 Å². The molecule has 0 amide bonds. The average Bonchev–Trinajstić information content (AvgIpc) is 2.53. The number of aromatic nitrogens is 1. The Kier molecular flexibility index (Phi) is 2.65. The monoisotopic (exact) mass is 210 g/mol. The molecular weight excluding hydrogens is 196 g/mol. The van der Waals surface area contributed by atoms with Gasteiger partial charge in [-0.15, -0.1) is 11.3 Å². The van der Waals surface area contributed by atoms with E-state index < -0.39 is 0 Å². The van der Waals surface area contributed by atoms with Gasteiger partial charge in [-0.25, -0.2) is 0 Å². The molecule has 0 saturated heterocycles. The predicted molar refractivity (Wildman–Crippen MR) is 56.2 cm³/mol. The smallest absolute Gasteiger partial charge is 0.139 e. The van der Waals surface area contributed by atoms with E-state index in [1.807, 2.05) is 0 Å². The summed E-state index contributed by atoms with van der Waals surface area (Å²) < 4.78 is 0. The molecule has 0 atom stereocenters. The number of carbonyl (C=O) groups excluding carboxylic acids is 1. The van der Waals surface area contributed by atoms with Crippen LogP contribution in [0, 0.1) is 0 Å². The first-order valence-electron chi connectivity index (χ1n) is 4.86. The van der Waals surface area contributed by atoms with Gasteiger partial charge in [0.25, 0.3) is 0 Å². The number of thiazole rings is 1. The maximum Gasteiger partial charge on any atom is 0.139 e. The Balaban J connectivity index is 1.84. The van der Waals surface area contributed by atoms with Crippen LogP contribution in [0.3, 0.4) is 0 Å². The molecule has 0 unspecified atom stereocenters. The molecule has 1 aromatic rings. The van der Waals surface area contributed by atoms with Crippen molar-refractivity contribution in [3.8, 4) is 0 Å². The third-order valence-corrected chi connectivity index (χ3v) is 3.53. The first-order chi connectivity index (χ1) is 6.68. The zero-order chi connectivity index (χ0) is 10.0. The molecule has 1 aliphatic carbocycles. The van der Waals surface area contributed by atoms with E-state index in [9.17, 15) is 4.79 Å². The van der Waals surface area contributed by atoms with Crippen LogP contribution in [0.2, 0.25) is 0 Å². The third-order valence-electron chi connectivity index (χ3n) is 2.75. The van der Waals surface area contributed by atoms with E-state index in [0.717, 1.165) is 17.7 Å². The van der Waals surface area contributed by atoms with Gasteiger partial charge in [-0.05, 0) is 19.3 Å². The number of hydrogen-bond donors (Lipinski definition) is 1. The van der Waals surface area contributed by atoms with Gasteiger partial charge in [0.15, 0.2) is 0 Å². The van der Waals surface area contributed by atoms with Gasteiger partial charge >= 0.3 is 0 Å². The molecule has 0 aromatic carbocycles. The maximum atomic E-state index is 11.6. The highest BCUT2D eigenvalue weighted by Crippen LogP contribution is 2.32. The van der Waals surface area contributed by atoms with E-state index in [1.54, 1.807) is 11.7 Å². The highest BCUT2D eigenvalue weighted by molar-refractivity contribution is 7.09. The van der Waals surface area contributed by atoms with Crippen LogP contribution < -0.4 is 5.73 Å². The Hall–Kier alpha value is -0.740. The van der Waals surface area contributed by atoms with E-state index in [4.69, 9.17) is 5.73 Å². The molecule has 1 aliphatic rings. The van der Waals surface area contributed by atoms with Crippen molar-refractivity contribution in [2.24, 2.45) is 5.73 Å². The number of nitrogens with zero attached hydrogens (tertiary/aromatic N) is 1. The minimum atomic E-state index is -0.179. The van der Waals surface area contributed by atoms with E-state index in [1.165, 1.54) is 17.8 Å². The summed E-state index contributed by atoms with van der Waals surface area (Å²) in [5.41, 5.74) is 7.57. The summed E-state index contributed by atoms with van der Waals surface area (Å²) in [5.74, 6) is 0.247. The Morgan fingerprint density at radius 1 is 1.64 bits per heavy atom. The number of nitrogens with two attached hydrogens (primary N) is 1. The standard InChI is InChI=1S/C10H14N2OS/c11-10(2-1-3-10)5-8(13)4-9-6-12-7-14-9/h6-7H,1-5,11H2. The first-order valence-corrected chi connectivity index (χ1v) is 5.74. The molecular formula is C10H14N2OS. The quantitative estimate of drug-likeness (QED) is 0.820. The van der Waals surface area contributed by atoms with E-state index in [-0.39, 0.29) is 11.3 Å². The summed E-state index contributed by atoms with van der Waals surface area (Å²) in [6.07, 6.45) is 5.97. The van der Waals surface area contributed by atoms with E-state index >= 15 is 0 Å². The van der Waals surface area contributed by atoms with Crippen LogP contribution in [-0.2, 0) is 11.2 Å². The Bertz CT molecular complexity index is 317. The van der Waals surface area contributed by atoms with Gasteiger partial charge in [-0.3, -0.25) is 9.78 Å². The van der Waals surface area contributed by atoms with Crippen LogP contribution in [-0.4, -0.2) is 16.3 Å². The molecule has 0 bridgehead atoms. The molecule has 2 rings (SSSR count). The fraction of sp³-hybridized carbons (Fsp3) is 0.600. The lowest BCUT2D eigenvalue weighted by atomic mass is 9.74. The van der Waals surface area contributed by atoms with Crippen molar-refractivity contribution >= 4 is 17.1 Å². The summed E-state index contributed by atoms with van der Waals surface area (Å²) in [4.78, 5) is 16.6. The fourth-order valence-corrected chi connectivity index (χ4v) is 2.41. The van der Waals surface area contributed by atoms with Gasteiger partial charge in [0.05, 0.1) is 5.51 Å². The van der Waals surface area contributed by atoms with E-state index in [2.05, 4.69) is 4.98 Å². The minimum absolute atomic E-state index is 0.179. The lowest BCUT2D eigenvalue weighted by molar-refractivity contribution is -0.120. The molecule has 1 fully saturated rings. The molecule has 0 radical (unpaired) electrons. The number of hydrogen-bond acceptors (Lipinski definition) is 4. The molecule has 0 aliphatic heterocycles. The van der Waals surface area contributed by atoms with Gasteiger partial charge in [-0.2, -0.15) is 0 Å². The summed E-state index contributed by atoms with van der Waals surface area (Å²) >= 11 is 1.53. The fourth-order valence-electron chi connectivity index (χ4n) is 1.79. The largest absolute Gasteiger partial charge is 0.325 e. The average molecular weight is 210 g/mol. The maximum absolute atomic E-state index is 11.6. The van der Waals surface area contributed by atoms with Crippen molar-refractivity contribution in [3.05, 3.63) is 16.6 Å². The Labute approximate surface area is 87.3 Å². The van der Waals surface area contributed by atoms with Crippen molar-refractivity contribution in [2.45, 2.75) is 37.6 Å². The van der Waals surface area contributed by atoms with Crippen molar-refractivity contribution in [1.82, 2.24) is 4.98 Å². The molecule has 1 aromatic heterocycles. The SMILES string of the molecule is NC1(CC(=O)Cc2cncs2)CCC1. The molecule has 4 heteroatoms. The number of rotatable bonds is 4. The predicted octanol–water partition coefficient (Wildman–Crippen LogP) is 1.53. The van der Waals surface area contributed by atoms with Crippen LogP contribution >= 0.6 is 11.3 Å². The molecule has 1 saturated carbocycles. The van der Waals surface area contributed by atoms with Crippen molar-refractivity contribution in [2.75, 3.05) is 0 Å². The summed E-state index contributed by atoms with van der Waals surface area (Å²) in [6.45, 7) is 0. The second-order valence-electron chi connectivity index (χ2n) is 4.08. The zero-order valence-corrected chi connectivity index (χ0v) is 8.85. The van der Waals surface area contributed by atoms with Crippen molar-refractivity contribution in [1.29, 1.82) is 0 Å². The molecule has 3 nitrogen and oxygen atoms in total. The van der Waals surface area contributed by atoms with Gasteiger partial charge in [0.1, 0.15) is 5.78 Å². The van der Waals surface area contributed by atoms with Crippen LogP contribution in [0.25, 0.3) is 0 Å². The van der Waals surface area contributed by atoms with Gasteiger partial charge in [-0.1, -0.05) is 0 Å². The van der Waals surface area contributed by atoms with Crippen molar-refractivity contribution in [3.63, 3.8) is 0 Å². The third kappa shape index (κ3) is 2.19. The zero-order valence-electron chi connectivity index (χ0n) is 8.03. The van der Waals surface area contributed by atoms with Crippen LogP contribution in [0.1, 0.15) is 30.6 Å². The first kappa shape index (κ1) is 9.80. The molecule has 2 N–H and O–H groups in total. The van der Waals surface area contributed by atoms with Crippen LogP contribution in [0.5, 0.6) is 0 Å². The molecule has 0 spiro atoms. The number of ketones is 1. The molecule has 76 valence electrons. The lowest BCUT2D eigenvalue weighted by Crippen LogP contribution is -2.48. The van der Waals surface area contributed by atoms with Crippen LogP contribution in [0.4, 0.5) is 0 Å². The lowest BCUT2D eigenvalue weighted by Gasteiger charge is -2.37. The van der Waals surface area contributed by atoms with Gasteiger partial charge < -0.3 is 5.73 Å². The number of Topliss-reactive ketones (excluding diaryl/α,β-unsaturated/α-hetero) is 1. The Morgan fingerprint density at radius 2 is 2.43 bits per heavy atom. The summed E-state index contributed by atoms with van der Waals surface area (Å²) in [7, 11) is 0. The molecule has 1 heterocycles. The summed E-state index contributed by atoms with van der Waals surface area (Å²) in [5, 5.41) is 0. The van der Waals surface area contributed by atoms with Crippen molar-refractivity contribution < 1.29 is 4.79 Å². The highest BCUT2D eigenvalue weighted by atomic mass is 32.1. The van der Waals surface area contributed by atoms with Gasteiger partial charge in [0, 0.05) is 29.5 Å². The van der Waals surface area contributed by atoms with Gasteiger partial charge in [0.2, 0.25) is 0 Å². The topological polar surface area (TPSA) is 56.0 Å². The second-order valence-corrected chi connectivity index (χ2v) is 5.05. The highest BCUT2D eigenvalue weighted by Gasteiger charge is 2.34.